The van der Waals surface area contributed by atoms with E-state index in [1.807, 2.05) is 0 Å². The lowest BCUT2D eigenvalue weighted by molar-refractivity contribution is -0.141. The fourth-order valence-electron chi connectivity index (χ4n) is 2.09. The number of halogens is 2. The van der Waals surface area contributed by atoms with Crippen molar-refractivity contribution in [2.24, 2.45) is 5.92 Å². The van der Waals surface area contributed by atoms with Crippen molar-refractivity contribution in [3.8, 4) is 0 Å². The molecule has 0 spiro atoms. The van der Waals surface area contributed by atoms with Gasteiger partial charge in [0.05, 0.1) is 5.92 Å². The molecule has 1 saturated heterocycles. The Morgan fingerprint density at radius 2 is 1.95 bits per heavy atom. The van der Waals surface area contributed by atoms with Gasteiger partial charge < -0.3 is 10.0 Å². The second-order valence-corrected chi connectivity index (χ2v) is 5.39. The summed E-state index contributed by atoms with van der Waals surface area (Å²) in [4.78, 5) is 24.3. The number of benzene rings is 1. The maximum absolute atomic E-state index is 12.0. The van der Waals surface area contributed by atoms with Crippen LogP contribution < -0.4 is 0 Å². The Labute approximate surface area is 126 Å². The van der Waals surface area contributed by atoms with Crippen LogP contribution in [-0.4, -0.2) is 35.0 Å². The second-order valence-electron chi connectivity index (χ2n) is 4.58. The molecule has 2 rings (SSSR count). The third-order valence-corrected chi connectivity index (χ3v) is 3.90. The van der Waals surface area contributed by atoms with Crippen LogP contribution in [0.1, 0.15) is 12.0 Å². The van der Waals surface area contributed by atoms with E-state index in [2.05, 4.69) is 0 Å². The van der Waals surface area contributed by atoms with Crippen LogP contribution in [0.4, 0.5) is 0 Å². The van der Waals surface area contributed by atoms with E-state index in [-0.39, 0.29) is 12.5 Å². The Balaban J connectivity index is 2.05. The number of carbonyl (C=O) groups is 2. The molecule has 1 aliphatic heterocycles. The van der Waals surface area contributed by atoms with E-state index in [1.165, 1.54) is 11.0 Å². The number of carbonyl (C=O) groups excluding carboxylic acids is 1. The Bertz CT molecular complexity index is 551. The van der Waals surface area contributed by atoms with Gasteiger partial charge in [-0.3, -0.25) is 9.59 Å². The predicted molar refractivity (Wildman–Crippen MR) is 77.8 cm³/mol. The minimum Gasteiger partial charge on any atom is -0.481 e. The van der Waals surface area contributed by atoms with Gasteiger partial charge in [-0.25, -0.2) is 0 Å². The van der Waals surface area contributed by atoms with Crippen molar-refractivity contribution in [2.75, 3.05) is 13.1 Å². The zero-order chi connectivity index (χ0) is 14.7. The molecule has 0 bridgehead atoms. The molecule has 1 N–H and O–H groups in total. The highest BCUT2D eigenvalue weighted by Crippen LogP contribution is 2.25. The summed E-state index contributed by atoms with van der Waals surface area (Å²) in [5.41, 5.74) is 0.582. The summed E-state index contributed by atoms with van der Waals surface area (Å²) in [6.07, 6.45) is 3.42. The van der Waals surface area contributed by atoms with E-state index >= 15 is 0 Å². The maximum atomic E-state index is 12.0. The van der Waals surface area contributed by atoms with Crippen molar-refractivity contribution in [2.45, 2.75) is 6.42 Å². The Kier molecular flexibility index (Phi) is 4.68. The van der Waals surface area contributed by atoms with Gasteiger partial charge in [-0.15, -0.1) is 0 Å². The number of nitrogens with zero attached hydrogens (tertiary/aromatic N) is 1. The molecule has 1 aliphatic rings. The predicted octanol–water partition coefficient (Wildman–Crippen LogP) is 2.94. The molecule has 0 radical (unpaired) electrons. The largest absolute Gasteiger partial charge is 0.481 e. The van der Waals surface area contributed by atoms with Gasteiger partial charge in [0, 0.05) is 34.8 Å². The zero-order valence-corrected chi connectivity index (χ0v) is 12.1. The first kappa shape index (κ1) is 14.9. The van der Waals surface area contributed by atoms with Crippen molar-refractivity contribution in [3.63, 3.8) is 0 Å². The first-order valence-electron chi connectivity index (χ1n) is 6.13. The molecule has 1 heterocycles. The maximum Gasteiger partial charge on any atom is 0.308 e. The van der Waals surface area contributed by atoms with Gasteiger partial charge >= 0.3 is 5.97 Å². The van der Waals surface area contributed by atoms with Gasteiger partial charge in [0.25, 0.3) is 0 Å². The van der Waals surface area contributed by atoms with E-state index in [1.54, 1.807) is 24.3 Å². The van der Waals surface area contributed by atoms with Crippen LogP contribution in [0.5, 0.6) is 0 Å². The van der Waals surface area contributed by atoms with Crippen LogP contribution in [-0.2, 0) is 9.59 Å². The Morgan fingerprint density at radius 1 is 1.30 bits per heavy atom. The van der Waals surface area contributed by atoms with Crippen molar-refractivity contribution < 1.29 is 14.7 Å². The average Bonchev–Trinajstić information content (AvgIpc) is 2.87. The van der Waals surface area contributed by atoms with Crippen LogP contribution in [0.3, 0.4) is 0 Å². The molecule has 4 nitrogen and oxygen atoms in total. The SMILES string of the molecule is O=C(O)C1CCN(C(=O)C=Cc2c(Cl)cccc2Cl)C1. The van der Waals surface area contributed by atoms with Crippen LogP contribution in [0.2, 0.25) is 10.0 Å². The van der Waals surface area contributed by atoms with Crippen LogP contribution in [0.25, 0.3) is 6.08 Å². The third kappa shape index (κ3) is 3.32. The molecule has 1 amide bonds. The summed E-state index contributed by atoms with van der Waals surface area (Å²) in [5, 5.41) is 9.83. The van der Waals surface area contributed by atoms with E-state index in [0.29, 0.717) is 28.6 Å². The monoisotopic (exact) mass is 313 g/mol. The summed E-state index contributed by atoms with van der Waals surface area (Å²) in [5.74, 6) is -1.57. The lowest BCUT2D eigenvalue weighted by Gasteiger charge is -2.13. The van der Waals surface area contributed by atoms with Gasteiger partial charge in [-0.2, -0.15) is 0 Å². The molecule has 20 heavy (non-hydrogen) atoms. The summed E-state index contributed by atoms with van der Waals surface area (Å²) in [6, 6.07) is 5.10. The van der Waals surface area contributed by atoms with Crippen molar-refractivity contribution in [3.05, 3.63) is 39.9 Å². The fraction of sp³-hybridized carbons (Fsp3) is 0.286. The molecule has 106 valence electrons. The second kappa shape index (κ2) is 6.29. The average molecular weight is 314 g/mol. The van der Waals surface area contributed by atoms with Gasteiger partial charge in [-0.05, 0) is 24.6 Å². The molecular weight excluding hydrogens is 301 g/mol. The quantitative estimate of drug-likeness (QED) is 0.873. The minimum atomic E-state index is -0.863. The third-order valence-electron chi connectivity index (χ3n) is 3.24. The van der Waals surface area contributed by atoms with Crippen molar-refractivity contribution in [1.82, 2.24) is 4.90 Å². The Hall–Kier alpha value is -1.52. The number of aliphatic carboxylic acids is 1. The molecule has 1 atom stereocenters. The lowest BCUT2D eigenvalue weighted by Crippen LogP contribution is -2.28. The van der Waals surface area contributed by atoms with Gasteiger partial charge in [0.1, 0.15) is 0 Å². The fourth-order valence-corrected chi connectivity index (χ4v) is 2.62. The summed E-state index contributed by atoms with van der Waals surface area (Å²) < 4.78 is 0. The number of rotatable bonds is 3. The minimum absolute atomic E-state index is 0.232. The molecule has 1 unspecified atom stereocenters. The summed E-state index contributed by atoms with van der Waals surface area (Å²) in [7, 11) is 0. The molecule has 1 aromatic rings. The van der Waals surface area contributed by atoms with E-state index in [0.717, 1.165) is 0 Å². The molecule has 1 fully saturated rings. The van der Waals surface area contributed by atoms with Crippen LogP contribution in [0, 0.1) is 5.92 Å². The van der Waals surface area contributed by atoms with Crippen molar-refractivity contribution >= 4 is 41.2 Å². The smallest absolute Gasteiger partial charge is 0.308 e. The molecule has 0 aliphatic carbocycles. The first-order valence-corrected chi connectivity index (χ1v) is 6.88. The van der Waals surface area contributed by atoms with Gasteiger partial charge in [-0.1, -0.05) is 29.3 Å². The van der Waals surface area contributed by atoms with Gasteiger partial charge in [0.15, 0.2) is 0 Å². The standard InChI is InChI=1S/C14H13Cl2NO3/c15-11-2-1-3-12(16)10(11)4-5-13(18)17-7-6-9(8-17)14(19)20/h1-5,9H,6-8H2,(H,19,20). The molecule has 0 aromatic heterocycles. The number of hydrogen-bond acceptors (Lipinski definition) is 2. The number of amides is 1. The highest BCUT2D eigenvalue weighted by Gasteiger charge is 2.29. The highest BCUT2D eigenvalue weighted by molar-refractivity contribution is 6.37. The normalized spacial score (nSPS) is 18.7. The van der Waals surface area contributed by atoms with Gasteiger partial charge in [0.2, 0.25) is 5.91 Å². The highest BCUT2D eigenvalue weighted by atomic mass is 35.5. The van der Waals surface area contributed by atoms with Crippen molar-refractivity contribution in [1.29, 1.82) is 0 Å². The number of carboxylic acid groups (broad SMARTS) is 1. The number of hydrogen-bond donors (Lipinski definition) is 1. The molecule has 6 heteroatoms. The van der Waals surface area contributed by atoms with Crippen LogP contribution in [0.15, 0.2) is 24.3 Å². The number of likely N-dealkylation sites (tertiary alicyclic amines) is 1. The molecule has 1 aromatic carbocycles. The Morgan fingerprint density at radius 3 is 2.50 bits per heavy atom. The summed E-state index contributed by atoms with van der Waals surface area (Å²) >= 11 is 12.0. The van der Waals surface area contributed by atoms with E-state index in [4.69, 9.17) is 28.3 Å². The zero-order valence-electron chi connectivity index (χ0n) is 10.6. The van der Waals surface area contributed by atoms with E-state index < -0.39 is 11.9 Å². The summed E-state index contributed by atoms with van der Waals surface area (Å²) in [6.45, 7) is 0.700. The lowest BCUT2D eigenvalue weighted by atomic mass is 10.1. The first-order chi connectivity index (χ1) is 9.49. The van der Waals surface area contributed by atoms with Crippen LogP contribution >= 0.6 is 23.2 Å². The number of carboxylic acids is 1. The molecular formula is C14H13Cl2NO3. The van der Waals surface area contributed by atoms with E-state index in [9.17, 15) is 9.59 Å². The molecule has 0 saturated carbocycles. The topological polar surface area (TPSA) is 57.6 Å².